The Bertz CT molecular complexity index is 1590. The van der Waals surface area contributed by atoms with Gasteiger partial charge < -0.3 is 14.9 Å². The minimum atomic E-state index is -1.03. The van der Waals surface area contributed by atoms with Gasteiger partial charge in [0.05, 0.1) is 23.4 Å². The molecule has 38 heavy (non-hydrogen) atoms. The van der Waals surface area contributed by atoms with E-state index in [0.717, 1.165) is 46.9 Å². The number of rotatable bonds is 7. The largest absolute Gasteiger partial charge is 0.505 e. The summed E-state index contributed by atoms with van der Waals surface area (Å²) in [5.41, 5.74) is 2.84. The molecule has 0 spiro atoms. The number of hydrogen-bond acceptors (Lipinski definition) is 8. The number of carboxylic acid groups (broad SMARTS) is 1. The molecule has 8 nitrogen and oxygen atoms in total. The quantitative estimate of drug-likeness (QED) is 0.146. The molecule has 0 amide bonds. The Kier molecular flexibility index (Phi) is 7.28. The van der Waals surface area contributed by atoms with Gasteiger partial charge in [0.1, 0.15) is 10.7 Å². The second-order valence-electron chi connectivity index (χ2n) is 8.80. The Labute approximate surface area is 223 Å². The highest BCUT2D eigenvalue weighted by Crippen LogP contribution is 2.41. The summed E-state index contributed by atoms with van der Waals surface area (Å²) < 4.78 is 5.34. The molecule has 5 rings (SSSR count). The van der Waals surface area contributed by atoms with Crippen molar-refractivity contribution in [2.24, 2.45) is 15.2 Å². The summed E-state index contributed by atoms with van der Waals surface area (Å²) in [6.07, 6.45) is 5.41. The summed E-state index contributed by atoms with van der Waals surface area (Å²) >= 11 is 1.50. The molecule has 0 radical (unpaired) electrons. The SMILES string of the molecule is CCOC(=O)c1c(N=Cc2c(O)c(N=Nc3ccc(C(=O)O)cc3)cc3ccccc23)sc2c1CCCC2. The van der Waals surface area contributed by atoms with Crippen LogP contribution in [-0.2, 0) is 17.6 Å². The number of phenols is 1. The fraction of sp³-hybridized carbons (Fsp3) is 0.207. The van der Waals surface area contributed by atoms with Gasteiger partial charge in [0.15, 0.2) is 5.75 Å². The van der Waals surface area contributed by atoms with Crippen molar-refractivity contribution in [2.45, 2.75) is 32.6 Å². The number of aromatic hydroxyl groups is 1. The standard InChI is InChI=1S/C29H25N3O5S/c1-2-37-29(36)25-21-9-5-6-10-24(21)38-27(25)30-16-22-20-8-4-3-7-18(20)15-23(26(22)33)32-31-19-13-11-17(12-14-19)28(34)35/h3-4,7-8,11-16,33H,2,5-6,9-10H2,1H3,(H,34,35). The van der Waals surface area contributed by atoms with E-state index in [9.17, 15) is 14.7 Å². The van der Waals surface area contributed by atoms with Crippen LogP contribution in [0.2, 0.25) is 0 Å². The fourth-order valence-electron chi connectivity index (χ4n) is 4.52. The number of nitrogens with zero attached hydrogens (tertiary/aromatic N) is 3. The van der Waals surface area contributed by atoms with Crippen LogP contribution in [0.1, 0.15) is 56.5 Å². The Balaban J connectivity index is 1.56. The average Bonchev–Trinajstić information content (AvgIpc) is 3.30. The van der Waals surface area contributed by atoms with Gasteiger partial charge in [-0.25, -0.2) is 14.6 Å². The molecule has 1 aliphatic rings. The zero-order chi connectivity index (χ0) is 26.6. The molecule has 0 atom stereocenters. The Morgan fingerprint density at radius 3 is 2.58 bits per heavy atom. The lowest BCUT2D eigenvalue weighted by Gasteiger charge is -2.11. The van der Waals surface area contributed by atoms with Crippen LogP contribution in [0.4, 0.5) is 16.4 Å². The molecule has 0 unspecified atom stereocenters. The molecule has 192 valence electrons. The van der Waals surface area contributed by atoms with E-state index in [1.165, 1.54) is 23.5 Å². The molecule has 9 heteroatoms. The topological polar surface area (TPSA) is 121 Å². The number of thiophene rings is 1. The molecular formula is C29H25N3O5S. The predicted molar refractivity (Wildman–Crippen MR) is 147 cm³/mol. The number of carbonyl (C=O) groups excluding carboxylic acids is 1. The van der Waals surface area contributed by atoms with Gasteiger partial charge in [-0.3, -0.25) is 0 Å². The number of benzene rings is 3. The van der Waals surface area contributed by atoms with E-state index in [1.807, 2.05) is 24.3 Å². The highest BCUT2D eigenvalue weighted by Gasteiger charge is 2.26. The van der Waals surface area contributed by atoms with Crippen LogP contribution in [0.25, 0.3) is 10.8 Å². The van der Waals surface area contributed by atoms with E-state index >= 15 is 0 Å². The molecule has 1 heterocycles. The average molecular weight is 528 g/mol. The molecule has 1 aromatic heterocycles. The number of hydrogen-bond donors (Lipinski definition) is 2. The molecule has 0 aliphatic heterocycles. The first-order valence-corrected chi connectivity index (χ1v) is 13.1. The predicted octanol–water partition coefficient (Wildman–Crippen LogP) is 7.53. The van der Waals surface area contributed by atoms with Crippen molar-refractivity contribution < 1.29 is 24.5 Å². The molecule has 2 N–H and O–H groups in total. The summed E-state index contributed by atoms with van der Waals surface area (Å²) in [7, 11) is 0. The van der Waals surface area contributed by atoms with Crippen LogP contribution >= 0.6 is 11.3 Å². The van der Waals surface area contributed by atoms with E-state index < -0.39 is 5.97 Å². The first-order valence-electron chi connectivity index (χ1n) is 12.3. The summed E-state index contributed by atoms with van der Waals surface area (Å²) in [6.45, 7) is 2.06. The van der Waals surface area contributed by atoms with Gasteiger partial charge in [-0.1, -0.05) is 24.3 Å². The number of fused-ring (bicyclic) bond motifs is 2. The number of esters is 1. The molecule has 0 fully saturated rings. The van der Waals surface area contributed by atoms with Crippen molar-refractivity contribution in [1.29, 1.82) is 0 Å². The van der Waals surface area contributed by atoms with E-state index in [1.54, 1.807) is 31.3 Å². The lowest BCUT2D eigenvalue weighted by molar-refractivity contribution is 0.0526. The van der Waals surface area contributed by atoms with Crippen LogP contribution in [0.3, 0.4) is 0 Å². The molecular weight excluding hydrogens is 502 g/mol. The minimum Gasteiger partial charge on any atom is -0.505 e. The van der Waals surface area contributed by atoms with Gasteiger partial charge >= 0.3 is 11.9 Å². The van der Waals surface area contributed by atoms with Crippen molar-refractivity contribution in [1.82, 2.24) is 0 Å². The zero-order valence-corrected chi connectivity index (χ0v) is 21.5. The number of carboxylic acids is 1. The van der Waals surface area contributed by atoms with Gasteiger partial charge in [-0.2, -0.15) is 5.11 Å². The number of carbonyl (C=O) groups is 2. The highest BCUT2D eigenvalue weighted by molar-refractivity contribution is 7.16. The molecule has 0 saturated carbocycles. The molecule has 0 saturated heterocycles. The maximum absolute atomic E-state index is 12.8. The van der Waals surface area contributed by atoms with Crippen LogP contribution in [-0.4, -0.2) is 35.0 Å². The lowest BCUT2D eigenvalue weighted by atomic mass is 9.95. The summed E-state index contributed by atoms with van der Waals surface area (Å²) in [6, 6.07) is 15.2. The number of aromatic carboxylic acids is 1. The number of aryl methyl sites for hydroxylation is 1. The molecule has 1 aliphatic carbocycles. The lowest BCUT2D eigenvalue weighted by Crippen LogP contribution is -2.09. The van der Waals surface area contributed by atoms with Crippen molar-refractivity contribution in [3.63, 3.8) is 0 Å². The van der Waals surface area contributed by atoms with Gasteiger partial charge in [-0.05, 0) is 79.3 Å². The molecule has 4 aromatic rings. The van der Waals surface area contributed by atoms with E-state index in [4.69, 9.17) is 9.84 Å². The first kappa shape index (κ1) is 25.3. The second kappa shape index (κ2) is 10.9. The summed E-state index contributed by atoms with van der Waals surface area (Å²) in [5.74, 6) is -1.50. The smallest absolute Gasteiger partial charge is 0.341 e. The Morgan fingerprint density at radius 1 is 1.05 bits per heavy atom. The van der Waals surface area contributed by atoms with Crippen LogP contribution in [0.15, 0.2) is 69.8 Å². The van der Waals surface area contributed by atoms with Crippen molar-refractivity contribution in [3.8, 4) is 5.75 Å². The van der Waals surface area contributed by atoms with Crippen LogP contribution in [0.5, 0.6) is 5.75 Å². The van der Waals surface area contributed by atoms with Gasteiger partial charge in [0.25, 0.3) is 0 Å². The second-order valence-corrected chi connectivity index (χ2v) is 9.88. The molecule has 0 bridgehead atoms. The maximum atomic E-state index is 12.8. The van der Waals surface area contributed by atoms with Gasteiger partial charge in [-0.15, -0.1) is 16.5 Å². The van der Waals surface area contributed by atoms with Gasteiger partial charge in [0.2, 0.25) is 0 Å². The number of ether oxygens (including phenoxy) is 1. The van der Waals surface area contributed by atoms with Crippen LogP contribution in [0, 0.1) is 0 Å². The Morgan fingerprint density at radius 2 is 1.82 bits per heavy atom. The van der Waals surface area contributed by atoms with Crippen LogP contribution < -0.4 is 0 Å². The van der Waals surface area contributed by atoms with Gasteiger partial charge in [0, 0.05) is 16.7 Å². The van der Waals surface area contributed by atoms with Crippen molar-refractivity contribution in [2.75, 3.05) is 6.61 Å². The highest BCUT2D eigenvalue weighted by atomic mass is 32.1. The third-order valence-electron chi connectivity index (χ3n) is 6.37. The van der Waals surface area contributed by atoms with E-state index in [2.05, 4.69) is 15.2 Å². The van der Waals surface area contributed by atoms with E-state index in [0.29, 0.717) is 21.8 Å². The van der Waals surface area contributed by atoms with E-state index in [-0.39, 0.29) is 29.6 Å². The fourth-order valence-corrected chi connectivity index (χ4v) is 5.74. The number of phenolic OH excluding ortho intramolecular Hbond substituents is 1. The number of aliphatic imine (C=N–C) groups is 1. The summed E-state index contributed by atoms with van der Waals surface area (Å²) in [4.78, 5) is 29.8. The Hall–Kier alpha value is -4.37. The number of azo groups is 1. The molecule has 3 aromatic carbocycles. The maximum Gasteiger partial charge on any atom is 0.341 e. The van der Waals surface area contributed by atoms with Crippen molar-refractivity contribution >= 4 is 56.6 Å². The third-order valence-corrected chi connectivity index (χ3v) is 7.57. The van der Waals surface area contributed by atoms with Crippen molar-refractivity contribution in [3.05, 3.63) is 81.7 Å². The first-order chi connectivity index (χ1) is 18.5. The summed E-state index contributed by atoms with van der Waals surface area (Å²) in [5, 5.41) is 30.8. The third kappa shape index (κ3) is 5.05. The monoisotopic (exact) mass is 527 g/mol. The normalized spacial score (nSPS) is 13.3. The minimum absolute atomic E-state index is 0.0997. The zero-order valence-electron chi connectivity index (χ0n) is 20.7.